The maximum absolute atomic E-state index is 12.5. The van der Waals surface area contributed by atoms with Crippen LogP contribution in [0.25, 0.3) is 0 Å². The molecule has 122 valence electrons. The number of carbonyl (C=O) groups excluding carboxylic acids is 1. The van der Waals surface area contributed by atoms with Gasteiger partial charge in [0, 0.05) is 0 Å². The summed E-state index contributed by atoms with van der Waals surface area (Å²) >= 11 is 0. The van der Waals surface area contributed by atoms with Crippen molar-refractivity contribution in [2.45, 2.75) is 89.4 Å². The molecule has 2 saturated carbocycles. The van der Waals surface area contributed by atoms with E-state index in [-0.39, 0.29) is 12.1 Å². The monoisotopic (exact) mass is 298 g/mol. The van der Waals surface area contributed by atoms with Crippen molar-refractivity contribution in [3.05, 3.63) is 0 Å². The lowest BCUT2D eigenvalue weighted by Gasteiger charge is -2.34. The van der Waals surface area contributed by atoms with Crippen LogP contribution in [0.2, 0.25) is 0 Å². The minimum atomic E-state index is -0.740. The zero-order chi connectivity index (χ0) is 15.5. The highest BCUT2D eigenvalue weighted by molar-refractivity contribution is 5.80. The first kappa shape index (κ1) is 16.8. The van der Waals surface area contributed by atoms with Crippen LogP contribution in [0.1, 0.15) is 72.1 Å². The highest BCUT2D eigenvalue weighted by Gasteiger charge is 2.45. The van der Waals surface area contributed by atoms with Gasteiger partial charge in [-0.25, -0.2) is 4.79 Å². The lowest BCUT2D eigenvalue weighted by atomic mass is 9.87. The summed E-state index contributed by atoms with van der Waals surface area (Å²) in [7, 11) is 0. The fraction of sp³-hybridized carbons (Fsp3) is 0.941. The molecule has 1 N–H and O–H groups in total. The number of ether oxygens (including phenoxy) is 2. The van der Waals surface area contributed by atoms with E-state index in [9.17, 15) is 9.90 Å². The van der Waals surface area contributed by atoms with E-state index in [1.807, 2.05) is 20.8 Å². The molecule has 4 nitrogen and oxygen atoms in total. The molecule has 0 aromatic carbocycles. The van der Waals surface area contributed by atoms with E-state index in [4.69, 9.17) is 9.47 Å². The van der Waals surface area contributed by atoms with Gasteiger partial charge in [-0.15, -0.1) is 0 Å². The summed E-state index contributed by atoms with van der Waals surface area (Å²) in [6, 6.07) is 0. The number of esters is 1. The van der Waals surface area contributed by atoms with Gasteiger partial charge in [-0.3, -0.25) is 0 Å². The summed E-state index contributed by atoms with van der Waals surface area (Å²) in [6.45, 7) is 6.25. The smallest absolute Gasteiger partial charge is 0.338 e. The van der Waals surface area contributed by atoms with Gasteiger partial charge in [0.1, 0.15) is 5.60 Å². The third-order valence-electron chi connectivity index (χ3n) is 4.53. The fourth-order valence-electron chi connectivity index (χ4n) is 3.42. The summed E-state index contributed by atoms with van der Waals surface area (Å²) in [5, 5.41) is 9.75. The molecule has 4 heteroatoms. The average Bonchev–Trinajstić information content (AvgIpc) is 2.84. The highest BCUT2D eigenvalue weighted by atomic mass is 16.6. The van der Waals surface area contributed by atoms with Crippen molar-refractivity contribution in [3.8, 4) is 0 Å². The second-order valence-corrected chi connectivity index (χ2v) is 7.70. The first-order valence-corrected chi connectivity index (χ1v) is 8.36. The Morgan fingerprint density at radius 3 is 2.43 bits per heavy atom. The van der Waals surface area contributed by atoms with Crippen LogP contribution in [-0.2, 0) is 14.3 Å². The molecular formula is C17H30O4. The van der Waals surface area contributed by atoms with Crippen LogP contribution < -0.4 is 0 Å². The van der Waals surface area contributed by atoms with Gasteiger partial charge in [0.05, 0.1) is 12.7 Å². The quantitative estimate of drug-likeness (QED) is 0.810. The molecule has 2 aliphatic carbocycles. The van der Waals surface area contributed by atoms with E-state index in [0.717, 1.165) is 51.4 Å². The third-order valence-corrected chi connectivity index (χ3v) is 4.53. The fourth-order valence-corrected chi connectivity index (χ4v) is 3.42. The van der Waals surface area contributed by atoms with Crippen LogP contribution in [0.4, 0.5) is 0 Å². The van der Waals surface area contributed by atoms with Gasteiger partial charge in [-0.2, -0.15) is 0 Å². The summed E-state index contributed by atoms with van der Waals surface area (Å²) in [5.74, 6) is 0.164. The SMILES string of the molecule is CC(C)(C)OC(=O)C1(OCC2CCCC(O)C2)CCCC1. The van der Waals surface area contributed by atoms with Gasteiger partial charge in [0.15, 0.2) is 5.60 Å². The Morgan fingerprint density at radius 1 is 1.19 bits per heavy atom. The van der Waals surface area contributed by atoms with Gasteiger partial charge in [0.25, 0.3) is 0 Å². The standard InChI is InChI=1S/C17H30O4/c1-16(2,3)21-15(19)17(9-4-5-10-17)20-12-13-7-6-8-14(18)11-13/h13-14,18H,4-12H2,1-3H3. The second kappa shape index (κ2) is 6.66. The zero-order valence-corrected chi connectivity index (χ0v) is 13.7. The summed E-state index contributed by atoms with van der Waals surface area (Å²) in [6.07, 6.45) is 7.19. The first-order valence-electron chi connectivity index (χ1n) is 8.36. The topological polar surface area (TPSA) is 55.8 Å². The van der Waals surface area contributed by atoms with E-state index in [1.54, 1.807) is 0 Å². The number of aliphatic hydroxyl groups excluding tert-OH is 1. The van der Waals surface area contributed by atoms with E-state index in [0.29, 0.717) is 12.5 Å². The number of hydrogen-bond donors (Lipinski definition) is 1. The van der Waals surface area contributed by atoms with Gasteiger partial charge in [0.2, 0.25) is 0 Å². The Balaban J connectivity index is 1.93. The van der Waals surface area contributed by atoms with Crippen molar-refractivity contribution in [2.24, 2.45) is 5.92 Å². The maximum atomic E-state index is 12.5. The Morgan fingerprint density at radius 2 is 1.86 bits per heavy atom. The van der Waals surface area contributed by atoms with Crippen LogP contribution in [0.5, 0.6) is 0 Å². The molecule has 0 spiro atoms. The Bertz CT molecular complexity index is 352. The molecule has 2 fully saturated rings. The number of hydrogen-bond acceptors (Lipinski definition) is 4. The van der Waals surface area contributed by atoms with Gasteiger partial charge >= 0.3 is 5.97 Å². The van der Waals surface area contributed by atoms with Crippen LogP contribution in [0, 0.1) is 5.92 Å². The van der Waals surface area contributed by atoms with Crippen LogP contribution in [0.15, 0.2) is 0 Å². The summed E-state index contributed by atoms with van der Waals surface area (Å²) in [4.78, 5) is 12.5. The van der Waals surface area contributed by atoms with E-state index < -0.39 is 11.2 Å². The third kappa shape index (κ3) is 4.68. The molecule has 2 unspecified atom stereocenters. The Labute approximate surface area is 128 Å². The second-order valence-electron chi connectivity index (χ2n) is 7.70. The molecule has 0 bridgehead atoms. The van der Waals surface area contributed by atoms with E-state index in [2.05, 4.69) is 0 Å². The minimum absolute atomic E-state index is 0.201. The molecule has 0 aliphatic heterocycles. The normalized spacial score (nSPS) is 29.3. The van der Waals surface area contributed by atoms with Crippen molar-refractivity contribution in [1.29, 1.82) is 0 Å². The highest BCUT2D eigenvalue weighted by Crippen LogP contribution is 2.37. The molecule has 2 aliphatic rings. The van der Waals surface area contributed by atoms with Crippen LogP contribution >= 0.6 is 0 Å². The molecule has 21 heavy (non-hydrogen) atoms. The molecule has 0 aromatic heterocycles. The van der Waals surface area contributed by atoms with Crippen molar-refractivity contribution < 1.29 is 19.4 Å². The Hall–Kier alpha value is -0.610. The lowest BCUT2D eigenvalue weighted by molar-refractivity contribution is -0.185. The number of carbonyl (C=O) groups is 1. The molecule has 2 rings (SSSR count). The predicted molar refractivity (Wildman–Crippen MR) is 81.0 cm³/mol. The van der Waals surface area contributed by atoms with E-state index >= 15 is 0 Å². The van der Waals surface area contributed by atoms with E-state index in [1.165, 1.54) is 0 Å². The lowest BCUT2D eigenvalue weighted by Crippen LogP contribution is -2.44. The van der Waals surface area contributed by atoms with Crippen molar-refractivity contribution in [1.82, 2.24) is 0 Å². The van der Waals surface area contributed by atoms with Crippen LogP contribution in [0.3, 0.4) is 0 Å². The molecule has 0 aromatic rings. The Kier molecular flexibility index (Phi) is 5.31. The predicted octanol–water partition coefficient (Wildman–Crippen LogP) is 3.21. The van der Waals surface area contributed by atoms with Gasteiger partial charge < -0.3 is 14.6 Å². The maximum Gasteiger partial charge on any atom is 0.338 e. The zero-order valence-electron chi connectivity index (χ0n) is 13.7. The summed E-state index contributed by atoms with van der Waals surface area (Å²) in [5.41, 5.74) is -1.22. The van der Waals surface area contributed by atoms with Crippen molar-refractivity contribution in [3.63, 3.8) is 0 Å². The summed E-state index contributed by atoms with van der Waals surface area (Å²) < 4.78 is 11.7. The van der Waals surface area contributed by atoms with Crippen molar-refractivity contribution >= 4 is 5.97 Å². The molecular weight excluding hydrogens is 268 g/mol. The van der Waals surface area contributed by atoms with Gasteiger partial charge in [-0.05, 0) is 71.6 Å². The van der Waals surface area contributed by atoms with Crippen LogP contribution in [-0.4, -0.2) is 35.0 Å². The minimum Gasteiger partial charge on any atom is -0.458 e. The molecule has 0 saturated heterocycles. The molecule has 0 heterocycles. The molecule has 0 radical (unpaired) electrons. The number of aliphatic hydroxyl groups is 1. The number of rotatable bonds is 4. The largest absolute Gasteiger partial charge is 0.458 e. The first-order chi connectivity index (χ1) is 9.81. The van der Waals surface area contributed by atoms with Crippen molar-refractivity contribution in [2.75, 3.05) is 6.61 Å². The van der Waals surface area contributed by atoms with Gasteiger partial charge in [-0.1, -0.05) is 6.42 Å². The molecule has 0 amide bonds. The average molecular weight is 298 g/mol. The molecule has 2 atom stereocenters.